The van der Waals surface area contributed by atoms with E-state index in [0.717, 1.165) is 22.7 Å². The summed E-state index contributed by atoms with van der Waals surface area (Å²) in [6, 6.07) is 15.5. The van der Waals surface area contributed by atoms with Gasteiger partial charge in [0.1, 0.15) is 33.9 Å². The lowest BCUT2D eigenvalue weighted by Crippen LogP contribution is -2.13. The zero-order valence-corrected chi connectivity index (χ0v) is 20.8. The maximum atomic E-state index is 13.4. The van der Waals surface area contributed by atoms with Crippen LogP contribution in [0, 0.1) is 17.1 Å². The molecule has 1 N–H and O–H groups in total. The molecule has 0 saturated carbocycles. The normalized spacial score (nSPS) is 11.0. The number of nitriles is 1. The number of aromatic nitrogens is 4. The molecule has 1 aromatic carbocycles. The number of nitrogens with zero attached hydrogens (tertiary/aromatic N) is 6. The summed E-state index contributed by atoms with van der Waals surface area (Å²) >= 11 is 1.26. The van der Waals surface area contributed by atoms with Gasteiger partial charge in [-0.2, -0.15) is 5.26 Å². The van der Waals surface area contributed by atoms with Crippen LogP contribution < -0.4 is 4.90 Å². The molecular formula is C27H21FN6O2S. The van der Waals surface area contributed by atoms with E-state index in [1.807, 2.05) is 41.6 Å². The van der Waals surface area contributed by atoms with Crippen LogP contribution in [-0.2, 0) is 17.6 Å². The van der Waals surface area contributed by atoms with Gasteiger partial charge in [0, 0.05) is 30.6 Å². The van der Waals surface area contributed by atoms with Crippen molar-refractivity contribution in [1.29, 1.82) is 5.26 Å². The van der Waals surface area contributed by atoms with E-state index in [0.29, 0.717) is 38.9 Å². The lowest BCUT2D eigenvalue weighted by atomic mass is 10.1. The minimum Gasteiger partial charge on any atom is -0.481 e. The summed E-state index contributed by atoms with van der Waals surface area (Å²) in [6.45, 7) is 2.02. The fourth-order valence-electron chi connectivity index (χ4n) is 4.12. The number of carboxylic acids is 1. The molecule has 0 aliphatic rings. The van der Waals surface area contributed by atoms with Crippen molar-refractivity contribution in [2.75, 3.05) is 11.9 Å². The molecule has 5 aromatic rings. The Morgan fingerprint density at radius 2 is 1.89 bits per heavy atom. The molecule has 0 fully saturated rings. The van der Waals surface area contributed by atoms with Gasteiger partial charge in [-0.25, -0.2) is 14.4 Å². The molecule has 0 aliphatic heterocycles. The van der Waals surface area contributed by atoms with Crippen LogP contribution in [0.15, 0.2) is 60.9 Å². The number of aryl methyl sites for hydroxylation is 1. The Labute approximate surface area is 215 Å². The predicted octanol–water partition coefficient (Wildman–Crippen LogP) is 5.49. The topological polar surface area (TPSA) is 107 Å². The van der Waals surface area contributed by atoms with Gasteiger partial charge >= 0.3 is 5.97 Å². The van der Waals surface area contributed by atoms with Gasteiger partial charge in [0.15, 0.2) is 5.13 Å². The van der Waals surface area contributed by atoms with Gasteiger partial charge in [0.2, 0.25) is 0 Å². The predicted molar refractivity (Wildman–Crippen MR) is 139 cm³/mol. The highest BCUT2D eigenvalue weighted by molar-refractivity contribution is 7.16. The summed E-state index contributed by atoms with van der Waals surface area (Å²) in [5.41, 5.74) is 4.96. The molecule has 0 atom stereocenters. The third kappa shape index (κ3) is 4.64. The van der Waals surface area contributed by atoms with E-state index in [2.05, 4.69) is 11.1 Å². The van der Waals surface area contributed by atoms with Gasteiger partial charge in [-0.15, -0.1) is 0 Å². The Bertz CT molecular complexity index is 1650. The molecule has 10 heteroatoms. The Kier molecular flexibility index (Phi) is 6.38. The van der Waals surface area contributed by atoms with Crippen LogP contribution in [0.4, 0.5) is 15.3 Å². The highest BCUT2D eigenvalue weighted by atomic mass is 32.1. The van der Waals surface area contributed by atoms with Crippen LogP contribution in [0.1, 0.15) is 23.1 Å². The van der Waals surface area contributed by atoms with Crippen molar-refractivity contribution < 1.29 is 14.3 Å². The van der Waals surface area contributed by atoms with Crippen molar-refractivity contribution >= 4 is 33.9 Å². The minimum absolute atomic E-state index is 0.0823. The molecule has 0 spiro atoms. The van der Waals surface area contributed by atoms with Crippen molar-refractivity contribution in [2.24, 2.45) is 0 Å². The number of imidazole rings is 1. The van der Waals surface area contributed by atoms with Crippen molar-refractivity contribution in [3.8, 4) is 28.6 Å². The van der Waals surface area contributed by atoms with E-state index >= 15 is 0 Å². The molecule has 0 aliphatic carbocycles. The number of rotatable bonds is 7. The Hall–Kier alpha value is -4.62. The van der Waals surface area contributed by atoms with Crippen LogP contribution in [0.2, 0.25) is 0 Å². The van der Waals surface area contributed by atoms with Crippen molar-refractivity contribution in [1.82, 2.24) is 19.4 Å². The SMILES string of the molecule is CCc1nc2ccc(-c3ccc(CC(=O)O)cn3)cn2c1N(C)c1nc(-c2ccc(F)cc2)c(C#N)s1. The smallest absolute Gasteiger partial charge is 0.307 e. The third-order valence-electron chi connectivity index (χ3n) is 5.91. The maximum absolute atomic E-state index is 13.4. The fraction of sp³-hybridized carbons (Fsp3) is 0.148. The highest BCUT2D eigenvalue weighted by Gasteiger charge is 2.22. The summed E-state index contributed by atoms with van der Waals surface area (Å²) in [5.74, 6) is -0.445. The number of carboxylic acid groups (broad SMARTS) is 1. The number of anilines is 2. The Morgan fingerprint density at radius 1 is 1.14 bits per heavy atom. The summed E-state index contributed by atoms with van der Waals surface area (Å²) < 4.78 is 15.4. The van der Waals surface area contributed by atoms with Gasteiger partial charge in [0.05, 0.1) is 17.8 Å². The average Bonchev–Trinajstić information content (AvgIpc) is 3.50. The summed E-state index contributed by atoms with van der Waals surface area (Å²) in [7, 11) is 1.88. The number of halogens is 1. The zero-order valence-electron chi connectivity index (χ0n) is 20.0. The van der Waals surface area contributed by atoms with Crippen LogP contribution in [-0.4, -0.2) is 37.5 Å². The Morgan fingerprint density at radius 3 is 2.54 bits per heavy atom. The molecule has 0 unspecified atom stereocenters. The van der Waals surface area contributed by atoms with Crippen molar-refractivity contribution in [3.63, 3.8) is 0 Å². The van der Waals surface area contributed by atoms with E-state index < -0.39 is 5.97 Å². The van der Waals surface area contributed by atoms with Gasteiger partial charge in [-0.3, -0.25) is 14.2 Å². The molecule has 0 radical (unpaired) electrons. The lowest BCUT2D eigenvalue weighted by Gasteiger charge is -2.17. The van der Waals surface area contributed by atoms with E-state index in [4.69, 9.17) is 15.1 Å². The second kappa shape index (κ2) is 9.79. The largest absolute Gasteiger partial charge is 0.481 e. The number of hydrogen-bond donors (Lipinski definition) is 1. The first-order valence-corrected chi connectivity index (χ1v) is 12.3. The molecule has 0 saturated heterocycles. The first-order chi connectivity index (χ1) is 17.9. The van der Waals surface area contributed by atoms with Crippen LogP contribution in [0.25, 0.3) is 28.2 Å². The van der Waals surface area contributed by atoms with Crippen LogP contribution in [0.5, 0.6) is 0 Å². The van der Waals surface area contributed by atoms with Gasteiger partial charge < -0.3 is 10.0 Å². The molecule has 4 aromatic heterocycles. The number of fused-ring (bicyclic) bond motifs is 1. The average molecular weight is 513 g/mol. The number of thiazole rings is 1. The second-order valence-electron chi connectivity index (χ2n) is 8.36. The lowest BCUT2D eigenvalue weighted by molar-refractivity contribution is -0.136. The number of carbonyl (C=O) groups is 1. The van der Waals surface area contributed by atoms with E-state index in [9.17, 15) is 14.4 Å². The van der Waals surface area contributed by atoms with Gasteiger partial charge in [-0.1, -0.05) is 24.3 Å². The molecule has 5 rings (SSSR count). The molecule has 184 valence electrons. The molecule has 8 nitrogen and oxygen atoms in total. The summed E-state index contributed by atoms with van der Waals surface area (Å²) in [6.07, 6.45) is 4.11. The van der Waals surface area contributed by atoms with E-state index in [1.165, 1.54) is 23.5 Å². The molecule has 0 bridgehead atoms. The van der Waals surface area contributed by atoms with Crippen molar-refractivity contribution in [2.45, 2.75) is 19.8 Å². The van der Waals surface area contributed by atoms with Crippen molar-refractivity contribution in [3.05, 3.63) is 82.9 Å². The molecule has 0 amide bonds. The summed E-state index contributed by atoms with van der Waals surface area (Å²) in [5, 5.41) is 19.3. The van der Waals surface area contributed by atoms with Crippen LogP contribution in [0.3, 0.4) is 0 Å². The number of aliphatic carboxylic acids is 1. The third-order valence-corrected chi connectivity index (χ3v) is 6.95. The molecule has 4 heterocycles. The van der Waals surface area contributed by atoms with E-state index in [1.54, 1.807) is 30.5 Å². The van der Waals surface area contributed by atoms with E-state index in [-0.39, 0.29) is 12.2 Å². The monoisotopic (exact) mass is 512 g/mol. The number of hydrogen-bond acceptors (Lipinski definition) is 7. The minimum atomic E-state index is -0.904. The van der Waals surface area contributed by atoms with Gasteiger partial charge in [-0.05, 0) is 54.4 Å². The molecular weight excluding hydrogens is 491 g/mol. The Balaban J connectivity index is 1.56. The summed E-state index contributed by atoms with van der Waals surface area (Å²) in [4.78, 5) is 27.3. The second-order valence-corrected chi connectivity index (χ2v) is 9.33. The maximum Gasteiger partial charge on any atom is 0.307 e. The highest BCUT2D eigenvalue weighted by Crippen LogP contribution is 2.37. The first kappa shape index (κ1) is 24.1. The van der Waals surface area contributed by atoms with Gasteiger partial charge in [0.25, 0.3) is 0 Å². The quantitative estimate of drug-likeness (QED) is 0.307. The fourth-order valence-corrected chi connectivity index (χ4v) is 4.97. The zero-order chi connectivity index (χ0) is 26.1. The standard InChI is InChI=1S/C27H21FN6O2S/c1-3-20-26(33(2)27-32-25(22(13-29)37-27)17-5-8-19(28)9-6-17)34-15-18(7-11-23(34)31-20)21-10-4-16(14-30-21)12-24(35)36/h4-11,14-15H,3,12H2,1-2H3,(H,35,36). The van der Waals surface area contributed by atoms with Crippen LogP contribution >= 0.6 is 11.3 Å². The molecule has 37 heavy (non-hydrogen) atoms. The number of pyridine rings is 2. The first-order valence-electron chi connectivity index (χ1n) is 11.5. The number of benzene rings is 1.